The van der Waals surface area contributed by atoms with Crippen LogP contribution in [0, 0.1) is 0 Å². The standard InChI is InChI=1S/C15H20N2S/c1-3-16-15(8-10-18-2)13-6-7-14-12(11-13)5-4-9-17-14/h4-7,9,11,15-16H,3,8,10H2,1-2H3. The first kappa shape index (κ1) is 13.4. The average Bonchev–Trinajstić information content (AvgIpc) is 2.43. The Morgan fingerprint density at radius 1 is 1.33 bits per heavy atom. The zero-order valence-corrected chi connectivity index (χ0v) is 11.8. The minimum absolute atomic E-state index is 0.451. The van der Waals surface area contributed by atoms with E-state index < -0.39 is 0 Å². The number of fused-ring (bicyclic) bond motifs is 1. The third-order valence-electron chi connectivity index (χ3n) is 3.09. The molecule has 0 amide bonds. The van der Waals surface area contributed by atoms with Crippen molar-refractivity contribution in [3.63, 3.8) is 0 Å². The average molecular weight is 260 g/mol. The van der Waals surface area contributed by atoms with Crippen LogP contribution in [0.4, 0.5) is 0 Å². The Morgan fingerprint density at radius 2 is 2.22 bits per heavy atom. The van der Waals surface area contributed by atoms with Gasteiger partial charge in [0.2, 0.25) is 0 Å². The maximum absolute atomic E-state index is 4.37. The minimum Gasteiger partial charge on any atom is -0.310 e. The lowest BCUT2D eigenvalue weighted by Crippen LogP contribution is -2.21. The molecule has 1 unspecified atom stereocenters. The largest absolute Gasteiger partial charge is 0.310 e. The summed E-state index contributed by atoms with van der Waals surface area (Å²) in [5.74, 6) is 1.18. The first-order chi connectivity index (χ1) is 8.85. The summed E-state index contributed by atoms with van der Waals surface area (Å²) < 4.78 is 0. The fourth-order valence-electron chi connectivity index (χ4n) is 2.18. The highest BCUT2D eigenvalue weighted by Crippen LogP contribution is 2.22. The van der Waals surface area contributed by atoms with Gasteiger partial charge in [-0.25, -0.2) is 0 Å². The Kier molecular flexibility index (Phi) is 5.02. The molecule has 18 heavy (non-hydrogen) atoms. The SMILES string of the molecule is CCNC(CCSC)c1ccc2ncccc2c1. The molecule has 0 bridgehead atoms. The molecule has 0 spiro atoms. The molecular weight excluding hydrogens is 240 g/mol. The van der Waals surface area contributed by atoms with Gasteiger partial charge in [-0.3, -0.25) is 4.98 Å². The maximum atomic E-state index is 4.37. The van der Waals surface area contributed by atoms with Gasteiger partial charge in [-0.2, -0.15) is 11.8 Å². The van der Waals surface area contributed by atoms with E-state index in [2.05, 4.69) is 47.7 Å². The van der Waals surface area contributed by atoms with Gasteiger partial charge in [0.25, 0.3) is 0 Å². The van der Waals surface area contributed by atoms with Gasteiger partial charge >= 0.3 is 0 Å². The van der Waals surface area contributed by atoms with Crippen molar-refractivity contribution in [2.45, 2.75) is 19.4 Å². The van der Waals surface area contributed by atoms with Gasteiger partial charge in [-0.05, 0) is 48.7 Å². The number of hydrogen-bond donors (Lipinski definition) is 1. The van der Waals surface area contributed by atoms with Crippen LogP contribution in [-0.4, -0.2) is 23.5 Å². The molecule has 1 N–H and O–H groups in total. The zero-order chi connectivity index (χ0) is 12.8. The van der Waals surface area contributed by atoms with Crippen LogP contribution in [0.15, 0.2) is 36.5 Å². The lowest BCUT2D eigenvalue weighted by molar-refractivity contribution is 0.541. The third-order valence-corrected chi connectivity index (χ3v) is 3.73. The van der Waals surface area contributed by atoms with Gasteiger partial charge in [0.05, 0.1) is 5.52 Å². The summed E-state index contributed by atoms with van der Waals surface area (Å²) in [6.07, 6.45) is 5.17. The summed E-state index contributed by atoms with van der Waals surface area (Å²) >= 11 is 1.90. The first-order valence-electron chi connectivity index (χ1n) is 6.42. The van der Waals surface area contributed by atoms with Crippen molar-refractivity contribution in [3.05, 3.63) is 42.1 Å². The molecular formula is C15H20N2S. The smallest absolute Gasteiger partial charge is 0.0702 e. The van der Waals surface area contributed by atoms with Crippen molar-refractivity contribution in [1.82, 2.24) is 10.3 Å². The maximum Gasteiger partial charge on any atom is 0.0702 e. The molecule has 1 atom stereocenters. The summed E-state index contributed by atoms with van der Waals surface area (Å²) in [4.78, 5) is 4.37. The second kappa shape index (κ2) is 6.76. The molecule has 2 nitrogen and oxygen atoms in total. The summed E-state index contributed by atoms with van der Waals surface area (Å²) in [5.41, 5.74) is 2.44. The predicted octanol–water partition coefficient (Wildman–Crippen LogP) is 3.64. The molecule has 96 valence electrons. The van der Waals surface area contributed by atoms with Crippen molar-refractivity contribution in [1.29, 1.82) is 0 Å². The number of benzene rings is 1. The molecule has 0 fully saturated rings. The molecule has 0 saturated heterocycles. The third kappa shape index (κ3) is 3.24. The van der Waals surface area contributed by atoms with Crippen LogP contribution in [0.2, 0.25) is 0 Å². The second-order valence-electron chi connectivity index (χ2n) is 4.35. The Hall–Kier alpha value is -1.06. The van der Waals surface area contributed by atoms with E-state index in [0.717, 1.165) is 12.1 Å². The van der Waals surface area contributed by atoms with Gasteiger partial charge in [-0.15, -0.1) is 0 Å². The minimum atomic E-state index is 0.451. The fourth-order valence-corrected chi connectivity index (χ4v) is 2.65. The van der Waals surface area contributed by atoms with E-state index in [1.807, 2.05) is 24.0 Å². The molecule has 2 rings (SSSR count). The lowest BCUT2D eigenvalue weighted by Gasteiger charge is -2.18. The second-order valence-corrected chi connectivity index (χ2v) is 5.33. The van der Waals surface area contributed by atoms with Crippen LogP contribution in [-0.2, 0) is 0 Å². The Balaban J connectivity index is 2.25. The number of thioether (sulfide) groups is 1. The quantitative estimate of drug-likeness (QED) is 0.858. The van der Waals surface area contributed by atoms with E-state index in [1.54, 1.807) is 0 Å². The number of pyridine rings is 1. The topological polar surface area (TPSA) is 24.9 Å². The van der Waals surface area contributed by atoms with Crippen molar-refractivity contribution < 1.29 is 0 Å². The Bertz CT molecular complexity index is 499. The van der Waals surface area contributed by atoms with Crippen molar-refractivity contribution in [2.24, 2.45) is 0 Å². The molecule has 0 aliphatic heterocycles. The molecule has 0 saturated carbocycles. The van der Waals surface area contributed by atoms with Crippen molar-refractivity contribution >= 4 is 22.7 Å². The normalized spacial score (nSPS) is 12.8. The van der Waals surface area contributed by atoms with Crippen LogP contribution in [0.1, 0.15) is 24.9 Å². The van der Waals surface area contributed by atoms with E-state index in [-0.39, 0.29) is 0 Å². The predicted molar refractivity (Wildman–Crippen MR) is 81.2 cm³/mol. The molecule has 0 aliphatic rings. The van der Waals surface area contributed by atoms with E-state index >= 15 is 0 Å². The summed E-state index contributed by atoms with van der Waals surface area (Å²) in [5, 5.41) is 4.79. The van der Waals surface area contributed by atoms with Crippen LogP contribution in [0.5, 0.6) is 0 Å². The van der Waals surface area contributed by atoms with Crippen molar-refractivity contribution in [3.8, 4) is 0 Å². The molecule has 3 heteroatoms. The summed E-state index contributed by atoms with van der Waals surface area (Å²) in [7, 11) is 0. The first-order valence-corrected chi connectivity index (χ1v) is 7.81. The van der Waals surface area contributed by atoms with E-state index in [1.165, 1.54) is 23.1 Å². The molecule has 1 aromatic heterocycles. The molecule has 0 aliphatic carbocycles. The van der Waals surface area contributed by atoms with Crippen LogP contribution in [0.3, 0.4) is 0 Å². The van der Waals surface area contributed by atoms with E-state index in [4.69, 9.17) is 0 Å². The highest BCUT2D eigenvalue weighted by atomic mass is 32.2. The number of nitrogens with zero attached hydrogens (tertiary/aromatic N) is 1. The van der Waals surface area contributed by atoms with Crippen LogP contribution in [0.25, 0.3) is 10.9 Å². The fraction of sp³-hybridized carbons (Fsp3) is 0.400. The summed E-state index contributed by atoms with van der Waals surface area (Å²) in [6.45, 7) is 3.17. The Labute approximate surface area is 113 Å². The van der Waals surface area contributed by atoms with Crippen LogP contribution < -0.4 is 5.32 Å². The Morgan fingerprint density at radius 3 is 3.00 bits per heavy atom. The lowest BCUT2D eigenvalue weighted by atomic mass is 10.0. The molecule has 2 aromatic rings. The number of hydrogen-bond acceptors (Lipinski definition) is 3. The van der Waals surface area contributed by atoms with Gasteiger partial charge in [0.15, 0.2) is 0 Å². The highest BCUT2D eigenvalue weighted by molar-refractivity contribution is 7.98. The van der Waals surface area contributed by atoms with Gasteiger partial charge in [-0.1, -0.05) is 19.1 Å². The van der Waals surface area contributed by atoms with Gasteiger partial charge in [0.1, 0.15) is 0 Å². The van der Waals surface area contributed by atoms with Crippen molar-refractivity contribution in [2.75, 3.05) is 18.6 Å². The van der Waals surface area contributed by atoms with E-state index in [9.17, 15) is 0 Å². The zero-order valence-electron chi connectivity index (χ0n) is 11.0. The van der Waals surface area contributed by atoms with Gasteiger partial charge in [0, 0.05) is 17.6 Å². The highest BCUT2D eigenvalue weighted by Gasteiger charge is 2.10. The van der Waals surface area contributed by atoms with Crippen LogP contribution >= 0.6 is 11.8 Å². The molecule has 0 radical (unpaired) electrons. The van der Waals surface area contributed by atoms with Gasteiger partial charge < -0.3 is 5.32 Å². The molecule has 1 heterocycles. The monoisotopic (exact) mass is 260 g/mol. The number of aromatic nitrogens is 1. The number of rotatable bonds is 6. The molecule has 1 aromatic carbocycles. The number of nitrogens with one attached hydrogen (secondary N) is 1. The van der Waals surface area contributed by atoms with E-state index in [0.29, 0.717) is 6.04 Å². The summed E-state index contributed by atoms with van der Waals surface area (Å²) in [6, 6.07) is 11.2.